The molecule has 0 radical (unpaired) electrons. The predicted molar refractivity (Wildman–Crippen MR) is 114 cm³/mol. The molecule has 148 valence electrons. The normalized spacial score (nSPS) is 17.0. The van der Waals surface area contributed by atoms with Crippen molar-refractivity contribution in [2.75, 3.05) is 22.1 Å². The van der Waals surface area contributed by atoms with Crippen molar-refractivity contribution >= 4 is 23.4 Å². The molecule has 3 aromatic rings. The molecular formula is C22H24N6O. The number of hydrogen-bond donors (Lipinski definition) is 2. The van der Waals surface area contributed by atoms with Gasteiger partial charge in [-0.3, -0.25) is 9.78 Å². The average Bonchev–Trinajstić information content (AvgIpc) is 3.25. The number of rotatable bonds is 6. The van der Waals surface area contributed by atoms with Gasteiger partial charge in [0.1, 0.15) is 11.9 Å². The minimum atomic E-state index is -0.260. The number of anilines is 3. The van der Waals surface area contributed by atoms with Crippen LogP contribution in [-0.2, 0) is 4.79 Å². The summed E-state index contributed by atoms with van der Waals surface area (Å²) in [5.74, 6) is 1.27. The van der Waals surface area contributed by atoms with Crippen molar-refractivity contribution in [2.45, 2.75) is 31.8 Å². The zero-order valence-corrected chi connectivity index (χ0v) is 16.3. The van der Waals surface area contributed by atoms with E-state index in [2.05, 4.69) is 44.6 Å². The number of aromatic nitrogens is 3. The second-order valence-corrected chi connectivity index (χ2v) is 7.10. The lowest BCUT2D eigenvalue weighted by Gasteiger charge is -2.25. The molecule has 1 saturated heterocycles. The van der Waals surface area contributed by atoms with Crippen molar-refractivity contribution in [1.29, 1.82) is 0 Å². The molecular weight excluding hydrogens is 364 g/mol. The number of carbonyl (C=O) groups is 1. The zero-order chi connectivity index (χ0) is 20.1. The molecule has 4 rings (SSSR count). The highest BCUT2D eigenvalue weighted by atomic mass is 16.2. The Labute approximate surface area is 170 Å². The maximum Gasteiger partial charge on any atom is 0.247 e. The van der Waals surface area contributed by atoms with Crippen LogP contribution < -0.4 is 15.5 Å². The first-order chi connectivity index (χ1) is 14.2. The summed E-state index contributed by atoms with van der Waals surface area (Å²) in [6.07, 6.45) is 6.80. The van der Waals surface area contributed by atoms with Gasteiger partial charge in [0, 0.05) is 18.9 Å². The second-order valence-electron chi connectivity index (χ2n) is 7.10. The highest BCUT2D eigenvalue weighted by molar-refractivity contribution is 5.97. The van der Waals surface area contributed by atoms with Crippen LogP contribution in [0, 0.1) is 0 Å². The summed E-state index contributed by atoms with van der Waals surface area (Å²) >= 11 is 0. The third-order valence-corrected chi connectivity index (χ3v) is 5.06. The van der Waals surface area contributed by atoms with Crippen molar-refractivity contribution in [3.05, 3.63) is 72.7 Å². The van der Waals surface area contributed by atoms with Crippen LogP contribution in [0.15, 0.2) is 67.1 Å². The first-order valence-electron chi connectivity index (χ1n) is 9.83. The van der Waals surface area contributed by atoms with Gasteiger partial charge in [-0.1, -0.05) is 30.3 Å². The number of carbonyl (C=O) groups excluding carboxylic acids is 1. The van der Waals surface area contributed by atoms with Crippen molar-refractivity contribution < 1.29 is 4.79 Å². The quantitative estimate of drug-likeness (QED) is 0.671. The van der Waals surface area contributed by atoms with Crippen molar-refractivity contribution in [3.8, 4) is 0 Å². The van der Waals surface area contributed by atoms with E-state index in [1.54, 1.807) is 24.7 Å². The van der Waals surface area contributed by atoms with E-state index in [0.717, 1.165) is 30.8 Å². The maximum absolute atomic E-state index is 12.8. The SMILES string of the molecule is C[C@H](Nc1nccc(N2CCC[C@H]2C(=O)Nc2cccnc2)n1)c1ccccc1. The number of amides is 1. The van der Waals surface area contributed by atoms with E-state index in [4.69, 9.17) is 0 Å². The second kappa shape index (κ2) is 8.68. The summed E-state index contributed by atoms with van der Waals surface area (Å²) in [5.41, 5.74) is 1.86. The standard InChI is InChI=1S/C22H24N6O/c1-16(17-7-3-2-4-8-17)25-22-24-13-11-20(27-22)28-14-6-10-19(28)21(29)26-18-9-5-12-23-15-18/h2-5,7-9,11-13,15-16,19H,6,10,14H2,1H3,(H,26,29)(H,24,25,27)/t16-,19-/m0/s1. The Hall–Kier alpha value is -3.48. The monoisotopic (exact) mass is 388 g/mol. The number of pyridine rings is 1. The van der Waals surface area contributed by atoms with E-state index in [-0.39, 0.29) is 18.0 Å². The Bertz CT molecular complexity index is 950. The van der Waals surface area contributed by atoms with Crippen LogP contribution in [0.5, 0.6) is 0 Å². The van der Waals surface area contributed by atoms with Gasteiger partial charge in [-0.05, 0) is 43.5 Å². The Balaban J connectivity index is 1.47. The van der Waals surface area contributed by atoms with E-state index in [9.17, 15) is 4.79 Å². The number of benzene rings is 1. The Kier molecular flexibility index (Phi) is 5.65. The van der Waals surface area contributed by atoms with Crippen LogP contribution in [0.2, 0.25) is 0 Å². The molecule has 2 atom stereocenters. The van der Waals surface area contributed by atoms with Gasteiger partial charge in [0.15, 0.2) is 0 Å². The summed E-state index contributed by atoms with van der Waals surface area (Å²) in [5, 5.41) is 6.30. The van der Waals surface area contributed by atoms with E-state index in [0.29, 0.717) is 11.6 Å². The Morgan fingerprint density at radius 3 is 2.79 bits per heavy atom. The molecule has 7 nitrogen and oxygen atoms in total. The van der Waals surface area contributed by atoms with E-state index in [1.165, 1.54) is 0 Å². The van der Waals surface area contributed by atoms with Gasteiger partial charge >= 0.3 is 0 Å². The topological polar surface area (TPSA) is 83.0 Å². The van der Waals surface area contributed by atoms with Gasteiger partial charge in [0.25, 0.3) is 0 Å². The van der Waals surface area contributed by atoms with Crippen molar-refractivity contribution in [1.82, 2.24) is 15.0 Å². The van der Waals surface area contributed by atoms with E-state index in [1.807, 2.05) is 35.2 Å². The summed E-state index contributed by atoms with van der Waals surface area (Å²) in [7, 11) is 0. The van der Waals surface area contributed by atoms with Gasteiger partial charge in [0.05, 0.1) is 17.9 Å². The fourth-order valence-corrected chi connectivity index (χ4v) is 3.57. The van der Waals surface area contributed by atoms with E-state index >= 15 is 0 Å². The van der Waals surface area contributed by atoms with Gasteiger partial charge in [-0.25, -0.2) is 4.98 Å². The number of nitrogens with zero attached hydrogens (tertiary/aromatic N) is 4. The molecule has 0 aliphatic carbocycles. The fourth-order valence-electron chi connectivity index (χ4n) is 3.57. The van der Waals surface area contributed by atoms with Crippen molar-refractivity contribution in [3.63, 3.8) is 0 Å². The molecule has 3 heterocycles. The van der Waals surface area contributed by atoms with E-state index < -0.39 is 0 Å². The molecule has 0 spiro atoms. The molecule has 0 saturated carbocycles. The zero-order valence-electron chi connectivity index (χ0n) is 16.3. The third-order valence-electron chi connectivity index (χ3n) is 5.06. The molecule has 0 unspecified atom stereocenters. The largest absolute Gasteiger partial charge is 0.348 e. The first-order valence-corrected chi connectivity index (χ1v) is 9.83. The van der Waals surface area contributed by atoms with Crippen LogP contribution in [0.25, 0.3) is 0 Å². The molecule has 1 aliphatic rings. The first kappa shape index (κ1) is 18.9. The summed E-state index contributed by atoms with van der Waals surface area (Å²) in [4.78, 5) is 27.9. The van der Waals surface area contributed by atoms with Gasteiger partial charge in [-0.15, -0.1) is 0 Å². The maximum atomic E-state index is 12.8. The Morgan fingerprint density at radius 2 is 2.00 bits per heavy atom. The van der Waals surface area contributed by atoms with Crippen LogP contribution in [0.1, 0.15) is 31.4 Å². The smallest absolute Gasteiger partial charge is 0.247 e. The van der Waals surface area contributed by atoms with Crippen LogP contribution in [0.4, 0.5) is 17.5 Å². The molecule has 7 heteroatoms. The highest BCUT2D eigenvalue weighted by Crippen LogP contribution is 2.26. The minimum absolute atomic E-state index is 0.0405. The summed E-state index contributed by atoms with van der Waals surface area (Å²) in [6.45, 7) is 2.86. The Morgan fingerprint density at radius 1 is 1.14 bits per heavy atom. The molecule has 1 amide bonds. The third kappa shape index (κ3) is 4.51. The molecule has 1 fully saturated rings. The summed E-state index contributed by atoms with van der Waals surface area (Å²) in [6, 6.07) is 15.5. The highest BCUT2D eigenvalue weighted by Gasteiger charge is 2.32. The molecule has 2 aromatic heterocycles. The summed E-state index contributed by atoms with van der Waals surface area (Å²) < 4.78 is 0. The van der Waals surface area contributed by atoms with Crippen LogP contribution >= 0.6 is 0 Å². The molecule has 1 aliphatic heterocycles. The molecule has 2 N–H and O–H groups in total. The van der Waals surface area contributed by atoms with Gasteiger partial charge in [-0.2, -0.15) is 4.98 Å². The molecule has 0 bridgehead atoms. The molecule has 29 heavy (non-hydrogen) atoms. The van der Waals surface area contributed by atoms with Gasteiger partial charge < -0.3 is 15.5 Å². The fraction of sp³-hybridized carbons (Fsp3) is 0.273. The number of nitrogens with one attached hydrogen (secondary N) is 2. The number of hydrogen-bond acceptors (Lipinski definition) is 6. The average molecular weight is 388 g/mol. The lowest BCUT2D eigenvalue weighted by molar-refractivity contribution is -0.117. The predicted octanol–water partition coefficient (Wildman–Crippen LogP) is 3.65. The lowest BCUT2D eigenvalue weighted by Crippen LogP contribution is -2.40. The van der Waals surface area contributed by atoms with Crippen LogP contribution in [0.3, 0.4) is 0 Å². The van der Waals surface area contributed by atoms with Gasteiger partial charge in [0.2, 0.25) is 11.9 Å². The lowest BCUT2D eigenvalue weighted by atomic mass is 10.1. The van der Waals surface area contributed by atoms with Crippen molar-refractivity contribution in [2.24, 2.45) is 0 Å². The minimum Gasteiger partial charge on any atom is -0.348 e. The molecule has 1 aromatic carbocycles. The van der Waals surface area contributed by atoms with Crippen LogP contribution in [-0.4, -0.2) is 33.4 Å².